The quantitative estimate of drug-likeness (QED) is 0.851. The van der Waals surface area contributed by atoms with Crippen LogP contribution in [0.15, 0.2) is 42.5 Å². The largest absolute Gasteiger partial charge is 0.487 e. The van der Waals surface area contributed by atoms with Gasteiger partial charge in [-0.05, 0) is 35.9 Å². The van der Waals surface area contributed by atoms with Crippen LogP contribution in [0.4, 0.5) is 5.69 Å². The van der Waals surface area contributed by atoms with Crippen molar-refractivity contribution < 1.29 is 9.53 Å². The maximum atomic E-state index is 11.5. The second kappa shape index (κ2) is 6.30. The number of anilines is 1. The highest BCUT2D eigenvalue weighted by Gasteiger charge is 2.07. The number of carbonyl (C=O) groups is 1. The molecule has 0 saturated carbocycles. The van der Waals surface area contributed by atoms with E-state index in [0.29, 0.717) is 28.6 Å². The lowest BCUT2D eigenvalue weighted by Gasteiger charge is -2.10. The zero-order valence-electron chi connectivity index (χ0n) is 11.0. The van der Waals surface area contributed by atoms with Gasteiger partial charge in [0.15, 0.2) is 0 Å². The first-order valence-electron chi connectivity index (χ1n) is 6.09. The molecule has 0 aliphatic carbocycles. The maximum absolute atomic E-state index is 11.5. The second-order valence-corrected chi connectivity index (χ2v) is 4.68. The van der Waals surface area contributed by atoms with E-state index in [4.69, 9.17) is 22.1 Å². The van der Waals surface area contributed by atoms with Gasteiger partial charge in [-0.25, -0.2) is 0 Å². The third-order valence-electron chi connectivity index (χ3n) is 2.81. The Morgan fingerprint density at radius 3 is 2.55 bits per heavy atom. The standard InChI is InChI=1S/C15H15ClN2O2/c1-18-15(19)11-4-7-14(13(17)8-11)20-9-10-2-5-12(16)6-3-10/h2-8H,9,17H2,1H3,(H,18,19). The molecule has 3 N–H and O–H groups in total. The van der Waals surface area contributed by atoms with Crippen molar-refractivity contribution >= 4 is 23.2 Å². The van der Waals surface area contributed by atoms with Crippen molar-refractivity contribution in [2.45, 2.75) is 6.61 Å². The predicted octanol–water partition coefficient (Wildman–Crippen LogP) is 2.86. The average Bonchev–Trinajstić information content (AvgIpc) is 2.46. The van der Waals surface area contributed by atoms with Crippen molar-refractivity contribution in [1.29, 1.82) is 0 Å². The van der Waals surface area contributed by atoms with Gasteiger partial charge in [0.2, 0.25) is 0 Å². The molecule has 0 heterocycles. The van der Waals surface area contributed by atoms with Gasteiger partial charge in [-0.3, -0.25) is 4.79 Å². The molecule has 4 nitrogen and oxygen atoms in total. The molecule has 2 aromatic carbocycles. The van der Waals surface area contributed by atoms with Crippen LogP contribution in [-0.4, -0.2) is 13.0 Å². The Bertz CT molecular complexity index is 612. The zero-order chi connectivity index (χ0) is 14.5. The summed E-state index contributed by atoms with van der Waals surface area (Å²) in [6.45, 7) is 0.390. The zero-order valence-corrected chi connectivity index (χ0v) is 11.8. The lowest BCUT2D eigenvalue weighted by atomic mass is 10.1. The van der Waals surface area contributed by atoms with Crippen LogP contribution in [0.2, 0.25) is 5.02 Å². The van der Waals surface area contributed by atoms with E-state index in [2.05, 4.69) is 5.32 Å². The van der Waals surface area contributed by atoms with Gasteiger partial charge in [0.1, 0.15) is 12.4 Å². The van der Waals surface area contributed by atoms with E-state index in [0.717, 1.165) is 5.56 Å². The fourth-order valence-corrected chi connectivity index (χ4v) is 1.83. The third kappa shape index (κ3) is 3.42. The lowest BCUT2D eigenvalue weighted by Crippen LogP contribution is -2.17. The van der Waals surface area contributed by atoms with Gasteiger partial charge in [-0.2, -0.15) is 0 Å². The Balaban J connectivity index is 2.06. The van der Waals surface area contributed by atoms with E-state index in [1.807, 2.05) is 12.1 Å². The predicted molar refractivity (Wildman–Crippen MR) is 80.0 cm³/mol. The Labute approximate surface area is 122 Å². The molecule has 0 fully saturated rings. The van der Waals surface area contributed by atoms with Crippen molar-refractivity contribution in [1.82, 2.24) is 5.32 Å². The Kier molecular flexibility index (Phi) is 4.48. The van der Waals surface area contributed by atoms with Gasteiger partial charge < -0.3 is 15.8 Å². The number of amides is 1. The average molecular weight is 291 g/mol. The van der Waals surface area contributed by atoms with Crippen LogP contribution < -0.4 is 15.8 Å². The minimum absolute atomic E-state index is 0.180. The van der Waals surface area contributed by atoms with Gasteiger partial charge >= 0.3 is 0 Å². The molecule has 0 radical (unpaired) electrons. The number of nitrogens with two attached hydrogens (primary N) is 1. The molecular formula is C15H15ClN2O2. The van der Waals surface area contributed by atoms with Gasteiger partial charge in [0.05, 0.1) is 5.69 Å². The topological polar surface area (TPSA) is 64.3 Å². The molecule has 0 aromatic heterocycles. The molecular weight excluding hydrogens is 276 g/mol. The first-order valence-corrected chi connectivity index (χ1v) is 6.47. The lowest BCUT2D eigenvalue weighted by molar-refractivity contribution is 0.0963. The monoisotopic (exact) mass is 290 g/mol. The van der Waals surface area contributed by atoms with Gasteiger partial charge in [0.25, 0.3) is 5.91 Å². The molecule has 104 valence electrons. The molecule has 20 heavy (non-hydrogen) atoms. The number of carbonyl (C=O) groups excluding carboxylic acids is 1. The summed E-state index contributed by atoms with van der Waals surface area (Å²) < 4.78 is 5.63. The summed E-state index contributed by atoms with van der Waals surface area (Å²) in [5.41, 5.74) is 7.80. The molecule has 1 amide bonds. The Morgan fingerprint density at radius 2 is 1.95 bits per heavy atom. The molecule has 5 heteroatoms. The van der Waals surface area contributed by atoms with Gasteiger partial charge in [0, 0.05) is 17.6 Å². The number of rotatable bonds is 4. The van der Waals surface area contributed by atoms with E-state index in [1.54, 1.807) is 37.4 Å². The molecule has 2 aromatic rings. The minimum atomic E-state index is -0.180. The smallest absolute Gasteiger partial charge is 0.251 e. The third-order valence-corrected chi connectivity index (χ3v) is 3.06. The highest BCUT2D eigenvalue weighted by molar-refractivity contribution is 6.30. The van der Waals surface area contributed by atoms with E-state index in [9.17, 15) is 4.79 Å². The minimum Gasteiger partial charge on any atom is -0.487 e. The molecule has 0 aliphatic rings. The molecule has 0 bridgehead atoms. The number of halogens is 1. The van der Waals surface area contributed by atoms with Crippen molar-refractivity contribution in [3.63, 3.8) is 0 Å². The number of hydrogen-bond acceptors (Lipinski definition) is 3. The summed E-state index contributed by atoms with van der Waals surface area (Å²) in [6, 6.07) is 12.3. The fraction of sp³-hybridized carbons (Fsp3) is 0.133. The van der Waals surface area contributed by atoms with E-state index in [-0.39, 0.29) is 5.91 Å². The first kappa shape index (κ1) is 14.2. The number of nitrogen functional groups attached to an aromatic ring is 1. The van der Waals surface area contributed by atoms with Crippen LogP contribution in [0.1, 0.15) is 15.9 Å². The number of nitrogens with one attached hydrogen (secondary N) is 1. The Morgan fingerprint density at radius 1 is 1.25 bits per heavy atom. The van der Waals surface area contributed by atoms with Crippen LogP contribution in [0.25, 0.3) is 0 Å². The van der Waals surface area contributed by atoms with Crippen LogP contribution in [0.3, 0.4) is 0 Å². The first-order chi connectivity index (χ1) is 9.60. The van der Waals surface area contributed by atoms with Crippen LogP contribution in [0, 0.1) is 0 Å². The van der Waals surface area contributed by atoms with E-state index in [1.165, 1.54) is 0 Å². The number of ether oxygens (including phenoxy) is 1. The summed E-state index contributed by atoms with van der Waals surface area (Å²) in [5, 5.41) is 3.23. The van der Waals surface area contributed by atoms with E-state index >= 15 is 0 Å². The fourth-order valence-electron chi connectivity index (χ4n) is 1.71. The Hall–Kier alpha value is -2.20. The van der Waals surface area contributed by atoms with Crippen molar-refractivity contribution in [3.05, 3.63) is 58.6 Å². The molecule has 2 rings (SSSR count). The summed E-state index contributed by atoms with van der Waals surface area (Å²) in [7, 11) is 1.57. The van der Waals surface area contributed by atoms with Crippen molar-refractivity contribution in [2.75, 3.05) is 12.8 Å². The van der Waals surface area contributed by atoms with Crippen LogP contribution in [0.5, 0.6) is 5.75 Å². The molecule has 0 atom stereocenters. The maximum Gasteiger partial charge on any atom is 0.251 e. The normalized spacial score (nSPS) is 10.1. The molecule has 0 saturated heterocycles. The molecule has 0 unspecified atom stereocenters. The number of benzene rings is 2. The van der Waals surface area contributed by atoms with Gasteiger partial charge in [-0.1, -0.05) is 23.7 Å². The van der Waals surface area contributed by atoms with Crippen LogP contribution >= 0.6 is 11.6 Å². The summed E-state index contributed by atoms with van der Waals surface area (Å²) in [6.07, 6.45) is 0. The summed E-state index contributed by atoms with van der Waals surface area (Å²) >= 11 is 5.82. The van der Waals surface area contributed by atoms with Gasteiger partial charge in [-0.15, -0.1) is 0 Å². The SMILES string of the molecule is CNC(=O)c1ccc(OCc2ccc(Cl)cc2)c(N)c1. The second-order valence-electron chi connectivity index (χ2n) is 4.25. The van der Waals surface area contributed by atoms with Crippen molar-refractivity contribution in [2.24, 2.45) is 0 Å². The molecule has 0 spiro atoms. The van der Waals surface area contributed by atoms with Crippen LogP contribution in [-0.2, 0) is 6.61 Å². The highest BCUT2D eigenvalue weighted by Crippen LogP contribution is 2.23. The summed E-state index contributed by atoms with van der Waals surface area (Å²) in [5.74, 6) is 0.369. The summed E-state index contributed by atoms with van der Waals surface area (Å²) in [4.78, 5) is 11.5. The van der Waals surface area contributed by atoms with Crippen molar-refractivity contribution in [3.8, 4) is 5.75 Å². The highest BCUT2D eigenvalue weighted by atomic mass is 35.5. The number of hydrogen-bond donors (Lipinski definition) is 2. The van der Waals surface area contributed by atoms with E-state index < -0.39 is 0 Å². The molecule has 0 aliphatic heterocycles.